The van der Waals surface area contributed by atoms with Crippen LogP contribution in [-0.2, 0) is 16.0 Å². The van der Waals surface area contributed by atoms with Gasteiger partial charge in [-0.05, 0) is 30.7 Å². The van der Waals surface area contributed by atoms with Crippen LogP contribution in [0.2, 0.25) is 0 Å². The molecule has 17 heavy (non-hydrogen) atoms. The Kier molecular flexibility index (Phi) is 3.78. The molecule has 0 atom stereocenters. The van der Waals surface area contributed by atoms with Crippen molar-refractivity contribution in [3.05, 3.63) is 22.4 Å². The number of carbonyl (C=O) groups excluding carboxylic acids is 1. The topological polar surface area (TPSA) is 66.4 Å². The number of aliphatic carboxylic acids is 1. The summed E-state index contributed by atoms with van der Waals surface area (Å²) in [5.74, 6) is -1.00. The average molecular weight is 253 g/mol. The van der Waals surface area contributed by atoms with E-state index in [1.165, 1.54) is 4.88 Å². The number of hydrogen-bond donors (Lipinski definition) is 2. The number of carbonyl (C=O) groups is 2. The lowest BCUT2D eigenvalue weighted by Gasteiger charge is -2.32. The van der Waals surface area contributed by atoms with E-state index in [1.807, 2.05) is 17.5 Å². The van der Waals surface area contributed by atoms with Crippen molar-refractivity contribution >= 4 is 23.2 Å². The molecule has 1 amide bonds. The minimum absolute atomic E-state index is 0.0206. The Balaban J connectivity index is 1.64. The van der Waals surface area contributed by atoms with Gasteiger partial charge in [0.2, 0.25) is 5.91 Å². The van der Waals surface area contributed by atoms with E-state index in [9.17, 15) is 9.59 Å². The SMILES string of the molecule is O=C(CCc1cccs1)NC1CC(C(=O)O)C1. The minimum Gasteiger partial charge on any atom is -0.481 e. The van der Waals surface area contributed by atoms with E-state index < -0.39 is 5.97 Å². The third-order valence-corrected chi connectivity index (χ3v) is 3.97. The van der Waals surface area contributed by atoms with E-state index in [2.05, 4.69) is 5.32 Å². The molecule has 0 spiro atoms. The van der Waals surface area contributed by atoms with Gasteiger partial charge in [0.25, 0.3) is 0 Å². The van der Waals surface area contributed by atoms with Crippen molar-refractivity contribution in [2.24, 2.45) is 5.92 Å². The van der Waals surface area contributed by atoms with Crippen LogP contribution in [0.1, 0.15) is 24.1 Å². The lowest BCUT2D eigenvalue weighted by Crippen LogP contribution is -2.46. The van der Waals surface area contributed by atoms with Gasteiger partial charge in [0.05, 0.1) is 5.92 Å². The summed E-state index contributed by atoms with van der Waals surface area (Å²) >= 11 is 1.65. The number of aryl methyl sites for hydroxylation is 1. The first-order chi connectivity index (χ1) is 8.15. The number of rotatable bonds is 5. The van der Waals surface area contributed by atoms with Gasteiger partial charge in [-0.15, -0.1) is 11.3 Å². The van der Waals surface area contributed by atoms with Gasteiger partial charge < -0.3 is 10.4 Å². The maximum atomic E-state index is 11.6. The smallest absolute Gasteiger partial charge is 0.306 e. The van der Waals surface area contributed by atoms with Crippen LogP contribution < -0.4 is 5.32 Å². The van der Waals surface area contributed by atoms with Crippen molar-refractivity contribution < 1.29 is 14.7 Å². The Hall–Kier alpha value is -1.36. The van der Waals surface area contributed by atoms with Crippen LogP contribution in [0.25, 0.3) is 0 Å². The van der Waals surface area contributed by atoms with E-state index >= 15 is 0 Å². The second-order valence-corrected chi connectivity index (χ2v) is 5.38. The predicted octanol–water partition coefficient (Wildman–Crippen LogP) is 1.66. The second kappa shape index (κ2) is 5.31. The highest BCUT2D eigenvalue weighted by molar-refractivity contribution is 7.09. The first kappa shape index (κ1) is 12.1. The van der Waals surface area contributed by atoms with Crippen LogP contribution in [-0.4, -0.2) is 23.0 Å². The number of nitrogens with one attached hydrogen (secondary N) is 1. The molecule has 2 rings (SSSR count). The maximum Gasteiger partial charge on any atom is 0.306 e. The van der Waals surface area contributed by atoms with Gasteiger partial charge in [-0.2, -0.15) is 0 Å². The Labute approximate surface area is 104 Å². The van der Waals surface area contributed by atoms with Gasteiger partial charge in [0.1, 0.15) is 0 Å². The lowest BCUT2D eigenvalue weighted by molar-refractivity contribution is -0.146. The molecule has 0 aliphatic heterocycles. The first-order valence-corrected chi connectivity index (χ1v) is 6.57. The summed E-state index contributed by atoms with van der Waals surface area (Å²) in [5, 5.41) is 13.6. The molecule has 0 unspecified atom stereocenters. The number of amides is 1. The van der Waals surface area contributed by atoms with E-state index in [-0.39, 0.29) is 17.9 Å². The van der Waals surface area contributed by atoms with Crippen molar-refractivity contribution in [3.8, 4) is 0 Å². The summed E-state index contributed by atoms with van der Waals surface area (Å²) < 4.78 is 0. The fraction of sp³-hybridized carbons (Fsp3) is 0.500. The number of carboxylic acid groups (broad SMARTS) is 1. The third-order valence-electron chi connectivity index (χ3n) is 3.03. The third kappa shape index (κ3) is 3.30. The van der Waals surface area contributed by atoms with Crippen LogP contribution in [0.4, 0.5) is 0 Å². The van der Waals surface area contributed by atoms with Gasteiger partial charge in [-0.3, -0.25) is 9.59 Å². The van der Waals surface area contributed by atoms with E-state index in [0.29, 0.717) is 19.3 Å². The fourth-order valence-electron chi connectivity index (χ4n) is 1.93. The molecular weight excluding hydrogens is 238 g/mol. The summed E-state index contributed by atoms with van der Waals surface area (Å²) in [4.78, 5) is 23.4. The number of carboxylic acids is 1. The summed E-state index contributed by atoms with van der Waals surface area (Å²) in [7, 11) is 0. The summed E-state index contributed by atoms with van der Waals surface area (Å²) in [5.41, 5.74) is 0. The quantitative estimate of drug-likeness (QED) is 0.838. The lowest BCUT2D eigenvalue weighted by atomic mass is 9.80. The van der Waals surface area contributed by atoms with Gasteiger partial charge in [0.15, 0.2) is 0 Å². The predicted molar refractivity (Wildman–Crippen MR) is 64.9 cm³/mol. The molecule has 4 nitrogen and oxygen atoms in total. The molecule has 1 aliphatic carbocycles. The highest BCUT2D eigenvalue weighted by Gasteiger charge is 2.34. The van der Waals surface area contributed by atoms with Crippen LogP contribution in [0.3, 0.4) is 0 Å². The molecule has 2 N–H and O–H groups in total. The molecule has 0 radical (unpaired) electrons. The molecule has 1 fully saturated rings. The monoisotopic (exact) mass is 253 g/mol. The van der Waals surface area contributed by atoms with Crippen molar-refractivity contribution in [1.29, 1.82) is 0 Å². The molecule has 5 heteroatoms. The minimum atomic E-state index is -0.755. The Morgan fingerprint density at radius 2 is 2.24 bits per heavy atom. The fourth-order valence-corrected chi connectivity index (χ4v) is 2.64. The molecule has 0 saturated heterocycles. The summed E-state index contributed by atoms with van der Waals surface area (Å²) in [6.45, 7) is 0. The normalized spacial score (nSPS) is 22.8. The van der Waals surface area contributed by atoms with Crippen LogP contribution in [0, 0.1) is 5.92 Å². The highest BCUT2D eigenvalue weighted by Crippen LogP contribution is 2.27. The van der Waals surface area contributed by atoms with Gasteiger partial charge in [-0.1, -0.05) is 6.07 Å². The van der Waals surface area contributed by atoms with Crippen molar-refractivity contribution in [1.82, 2.24) is 5.32 Å². The zero-order chi connectivity index (χ0) is 12.3. The van der Waals surface area contributed by atoms with Crippen molar-refractivity contribution in [2.75, 3.05) is 0 Å². The van der Waals surface area contributed by atoms with Crippen molar-refractivity contribution in [3.63, 3.8) is 0 Å². The molecular formula is C12H15NO3S. The van der Waals surface area contributed by atoms with Crippen LogP contribution >= 0.6 is 11.3 Å². The molecule has 0 bridgehead atoms. The Morgan fingerprint density at radius 3 is 2.82 bits per heavy atom. The Morgan fingerprint density at radius 1 is 1.47 bits per heavy atom. The van der Waals surface area contributed by atoms with Crippen LogP contribution in [0.5, 0.6) is 0 Å². The molecule has 0 aromatic carbocycles. The summed E-state index contributed by atoms with van der Waals surface area (Å²) in [6, 6.07) is 4.05. The van der Waals surface area contributed by atoms with Gasteiger partial charge >= 0.3 is 5.97 Å². The largest absolute Gasteiger partial charge is 0.481 e. The molecule has 1 aliphatic rings. The molecule has 1 aromatic heterocycles. The highest BCUT2D eigenvalue weighted by atomic mass is 32.1. The second-order valence-electron chi connectivity index (χ2n) is 4.35. The standard InChI is InChI=1S/C12H15NO3S/c14-11(4-3-10-2-1-5-17-10)13-9-6-8(7-9)12(15)16/h1-2,5,8-9H,3-4,6-7H2,(H,13,14)(H,15,16). The zero-order valence-electron chi connectivity index (χ0n) is 9.39. The summed E-state index contributed by atoms with van der Waals surface area (Å²) in [6.07, 6.45) is 2.38. The molecule has 1 saturated carbocycles. The van der Waals surface area contributed by atoms with E-state index in [0.717, 1.165) is 6.42 Å². The molecule has 1 aromatic rings. The molecule has 92 valence electrons. The Bertz CT molecular complexity index is 396. The maximum absolute atomic E-state index is 11.6. The average Bonchev–Trinajstić information content (AvgIpc) is 2.72. The molecule has 1 heterocycles. The van der Waals surface area contributed by atoms with Gasteiger partial charge in [-0.25, -0.2) is 0 Å². The van der Waals surface area contributed by atoms with Crippen LogP contribution in [0.15, 0.2) is 17.5 Å². The zero-order valence-corrected chi connectivity index (χ0v) is 10.2. The number of hydrogen-bond acceptors (Lipinski definition) is 3. The van der Waals surface area contributed by atoms with Crippen molar-refractivity contribution in [2.45, 2.75) is 31.7 Å². The van der Waals surface area contributed by atoms with Gasteiger partial charge in [0, 0.05) is 17.3 Å². The van der Waals surface area contributed by atoms with E-state index in [1.54, 1.807) is 11.3 Å². The number of thiophene rings is 1. The first-order valence-electron chi connectivity index (χ1n) is 5.69. The van der Waals surface area contributed by atoms with E-state index in [4.69, 9.17) is 5.11 Å².